The lowest BCUT2D eigenvalue weighted by Crippen LogP contribution is -2.00. The molecule has 0 fully saturated rings. The highest BCUT2D eigenvalue weighted by Gasteiger charge is 2.12. The number of carboxylic acid groups (broad SMARTS) is 1. The molecule has 2 heterocycles. The number of nitrogens with zero attached hydrogens (tertiary/aromatic N) is 4. The Hall–Kier alpha value is -2.31. The Morgan fingerprint density at radius 3 is 3.07 bits per heavy atom. The van der Waals surface area contributed by atoms with Crippen LogP contribution >= 0.6 is 0 Å². The van der Waals surface area contributed by atoms with Gasteiger partial charge in [0.2, 0.25) is 11.7 Å². The minimum absolute atomic E-state index is 0.0446. The van der Waals surface area contributed by atoms with Crippen molar-refractivity contribution in [3.05, 3.63) is 24.2 Å². The number of carbonyl (C=O) groups is 1. The van der Waals surface area contributed by atoms with Crippen LogP contribution in [0.4, 0.5) is 0 Å². The van der Waals surface area contributed by atoms with Crippen LogP contribution in [0.5, 0.6) is 0 Å². The molecule has 76 valence electrons. The fourth-order valence-electron chi connectivity index (χ4n) is 0.981. The molecule has 0 aliphatic carbocycles. The zero-order valence-electron chi connectivity index (χ0n) is 7.49. The predicted molar refractivity (Wildman–Crippen MR) is 46.7 cm³/mol. The molecule has 2 rings (SSSR count). The van der Waals surface area contributed by atoms with Crippen LogP contribution in [0.3, 0.4) is 0 Å². The van der Waals surface area contributed by atoms with Gasteiger partial charge in [-0.05, 0) is 12.1 Å². The van der Waals surface area contributed by atoms with Crippen LogP contribution in [-0.4, -0.2) is 31.4 Å². The minimum Gasteiger partial charge on any atom is -0.481 e. The van der Waals surface area contributed by atoms with E-state index in [1.807, 2.05) is 0 Å². The molecule has 0 aromatic carbocycles. The van der Waals surface area contributed by atoms with Crippen LogP contribution in [0, 0.1) is 0 Å². The first-order valence-corrected chi connectivity index (χ1v) is 4.08. The molecule has 0 unspecified atom stereocenters. The van der Waals surface area contributed by atoms with E-state index >= 15 is 0 Å². The van der Waals surface area contributed by atoms with Gasteiger partial charge in [-0.2, -0.15) is 10.1 Å². The number of hydrogen-bond donors (Lipinski definition) is 1. The van der Waals surface area contributed by atoms with Crippen LogP contribution < -0.4 is 0 Å². The summed E-state index contributed by atoms with van der Waals surface area (Å²) in [5.74, 6) is -0.744. The Morgan fingerprint density at radius 1 is 1.53 bits per heavy atom. The quantitative estimate of drug-likeness (QED) is 0.762. The molecule has 0 bridgehead atoms. The number of rotatable bonds is 3. The first kappa shape index (κ1) is 9.25. The van der Waals surface area contributed by atoms with Crippen LogP contribution in [0.15, 0.2) is 22.9 Å². The smallest absolute Gasteiger partial charge is 0.312 e. The third-order valence-corrected chi connectivity index (χ3v) is 1.57. The Kier molecular flexibility index (Phi) is 2.36. The van der Waals surface area contributed by atoms with Gasteiger partial charge in [-0.25, -0.2) is 0 Å². The summed E-state index contributed by atoms with van der Waals surface area (Å²) in [6.07, 6.45) is 1.22. The second-order valence-electron chi connectivity index (χ2n) is 2.69. The summed E-state index contributed by atoms with van der Waals surface area (Å²) in [7, 11) is 0. The van der Waals surface area contributed by atoms with Crippen LogP contribution in [0.2, 0.25) is 0 Å². The minimum atomic E-state index is -1.02. The summed E-state index contributed by atoms with van der Waals surface area (Å²) in [4.78, 5) is 14.2. The van der Waals surface area contributed by atoms with Crippen molar-refractivity contribution in [1.82, 2.24) is 20.3 Å². The lowest BCUT2D eigenvalue weighted by molar-refractivity contribution is -0.136. The molecule has 0 amide bonds. The SMILES string of the molecule is O=C(O)Cc1nc(-c2cccnn2)no1. The predicted octanol–water partition coefficient (Wildman–Crippen LogP) is 0.154. The van der Waals surface area contributed by atoms with Gasteiger partial charge in [0.1, 0.15) is 12.1 Å². The van der Waals surface area contributed by atoms with Crippen molar-refractivity contribution < 1.29 is 14.4 Å². The van der Waals surface area contributed by atoms with E-state index in [0.717, 1.165) is 0 Å². The van der Waals surface area contributed by atoms with Crippen molar-refractivity contribution in [2.75, 3.05) is 0 Å². The number of aliphatic carboxylic acids is 1. The Bertz CT molecular complexity index is 468. The Balaban J connectivity index is 2.24. The molecule has 0 spiro atoms. The Morgan fingerprint density at radius 2 is 2.40 bits per heavy atom. The van der Waals surface area contributed by atoms with Crippen molar-refractivity contribution in [3.63, 3.8) is 0 Å². The molecule has 7 heteroatoms. The average Bonchev–Trinajstić information content (AvgIpc) is 2.67. The molecular weight excluding hydrogens is 200 g/mol. The van der Waals surface area contributed by atoms with Gasteiger partial charge in [-0.15, -0.1) is 5.10 Å². The molecule has 0 aliphatic rings. The van der Waals surface area contributed by atoms with E-state index in [1.54, 1.807) is 12.1 Å². The summed E-state index contributed by atoms with van der Waals surface area (Å²) in [5, 5.41) is 19.5. The largest absolute Gasteiger partial charge is 0.481 e. The van der Waals surface area contributed by atoms with E-state index in [-0.39, 0.29) is 18.1 Å². The first-order chi connectivity index (χ1) is 7.25. The zero-order valence-corrected chi connectivity index (χ0v) is 7.49. The monoisotopic (exact) mass is 206 g/mol. The van der Waals surface area contributed by atoms with Crippen molar-refractivity contribution in [3.8, 4) is 11.5 Å². The third kappa shape index (κ3) is 2.13. The van der Waals surface area contributed by atoms with E-state index in [9.17, 15) is 4.79 Å². The fraction of sp³-hybridized carbons (Fsp3) is 0.125. The van der Waals surface area contributed by atoms with Crippen LogP contribution in [0.25, 0.3) is 11.5 Å². The first-order valence-electron chi connectivity index (χ1n) is 4.08. The molecule has 0 radical (unpaired) electrons. The van der Waals surface area contributed by atoms with E-state index < -0.39 is 5.97 Å². The zero-order chi connectivity index (χ0) is 10.7. The van der Waals surface area contributed by atoms with E-state index in [0.29, 0.717) is 5.69 Å². The van der Waals surface area contributed by atoms with Crippen molar-refractivity contribution in [2.24, 2.45) is 0 Å². The maximum atomic E-state index is 10.4. The summed E-state index contributed by atoms with van der Waals surface area (Å²) in [6.45, 7) is 0. The molecule has 0 saturated heterocycles. The topological polar surface area (TPSA) is 102 Å². The maximum absolute atomic E-state index is 10.4. The summed E-state index contributed by atoms with van der Waals surface area (Å²) >= 11 is 0. The van der Waals surface area contributed by atoms with Gasteiger partial charge < -0.3 is 9.63 Å². The van der Waals surface area contributed by atoms with Crippen molar-refractivity contribution in [1.29, 1.82) is 0 Å². The maximum Gasteiger partial charge on any atom is 0.312 e. The molecular formula is C8H6N4O3. The van der Waals surface area contributed by atoms with Crippen LogP contribution in [0.1, 0.15) is 5.89 Å². The molecule has 7 nitrogen and oxygen atoms in total. The number of carboxylic acids is 1. The molecule has 0 saturated carbocycles. The van der Waals surface area contributed by atoms with Gasteiger partial charge >= 0.3 is 5.97 Å². The molecule has 2 aromatic heterocycles. The van der Waals surface area contributed by atoms with E-state index in [2.05, 4.69) is 20.3 Å². The van der Waals surface area contributed by atoms with Crippen LogP contribution in [-0.2, 0) is 11.2 Å². The number of hydrogen-bond acceptors (Lipinski definition) is 6. The summed E-state index contributed by atoms with van der Waals surface area (Å²) < 4.78 is 4.72. The van der Waals surface area contributed by atoms with E-state index in [1.165, 1.54) is 6.20 Å². The van der Waals surface area contributed by atoms with Gasteiger partial charge in [-0.1, -0.05) is 5.16 Å². The highest BCUT2D eigenvalue weighted by molar-refractivity contribution is 5.68. The summed E-state index contributed by atoms with van der Waals surface area (Å²) in [5.41, 5.74) is 0.442. The van der Waals surface area contributed by atoms with Gasteiger partial charge in [0, 0.05) is 6.20 Å². The molecule has 0 aliphatic heterocycles. The van der Waals surface area contributed by atoms with E-state index in [4.69, 9.17) is 9.63 Å². The lowest BCUT2D eigenvalue weighted by atomic mass is 10.4. The standard InChI is InChI=1S/C8H6N4O3/c13-7(14)4-6-10-8(12-15-6)5-2-1-3-9-11-5/h1-3H,4H2,(H,13,14). The normalized spacial score (nSPS) is 10.1. The molecule has 15 heavy (non-hydrogen) atoms. The van der Waals surface area contributed by atoms with Gasteiger partial charge in [0.25, 0.3) is 0 Å². The Labute approximate surface area is 83.8 Å². The third-order valence-electron chi connectivity index (χ3n) is 1.57. The van der Waals surface area contributed by atoms with Gasteiger partial charge in [-0.3, -0.25) is 4.79 Å². The van der Waals surface area contributed by atoms with Gasteiger partial charge in [0.15, 0.2) is 0 Å². The molecule has 0 atom stereocenters. The van der Waals surface area contributed by atoms with Crippen molar-refractivity contribution in [2.45, 2.75) is 6.42 Å². The number of aromatic nitrogens is 4. The highest BCUT2D eigenvalue weighted by atomic mass is 16.5. The lowest BCUT2D eigenvalue weighted by Gasteiger charge is -1.87. The van der Waals surface area contributed by atoms with Gasteiger partial charge in [0.05, 0.1) is 0 Å². The fourth-order valence-corrected chi connectivity index (χ4v) is 0.981. The second kappa shape index (κ2) is 3.82. The summed E-state index contributed by atoms with van der Waals surface area (Å²) in [6, 6.07) is 3.33. The van der Waals surface area contributed by atoms with Crippen molar-refractivity contribution >= 4 is 5.97 Å². The molecule has 2 aromatic rings. The average molecular weight is 206 g/mol. The molecule has 1 N–H and O–H groups in total. The second-order valence-corrected chi connectivity index (χ2v) is 2.69. The highest BCUT2D eigenvalue weighted by Crippen LogP contribution is 2.10.